The topological polar surface area (TPSA) is 105 Å². The molecule has 0 amide bonds. The van der Waals surface area contributed by atoms with Gasteiger partial charge in [-0.2, -0.15) is 0 Å². The lowest BCUT2D eigenvalue weighted by molar-refractivity contribution is -0.142. The molecular weight excluding hydrogens is 216 g/mol. The van der Waals surface area contributed by atoms with Gasteiger partial charge in [0.15, 0.2) is 0 Å². The highest BCUT2D eigenvalue weighted by Gasteiger charge is 2.27. The molecule has 7 heteroatoms. The van der Waals surface area contributed by atoms with Gasteiger partial charge >= 0.3 is 5.97 Å². The minimum atomic E-state index is -1.18. The van der Waals surface area contributed by atoms with Gasteiger partial charge in [-0.15, -0.1) is 5.10 Å². The third-order valence-electron chi connectivity index (χ3n) is 1.92. The number of aliphatic carboxylic acids is 1. The Morgan fingerprint density at radius 2 is 2.40 bits per heavy atom. The summed E-state index contributed by atoms with van der Waals surface area (Å²) in [6, 6.07) is 0. The second kappa shape index (κ2) is 4.63. The van der Waals surface area contributed by atoms with Crippen LogP contribution in [0.1, 0.15) is 19.2 Å². The van der Waals surface area contributed by atoms with E-state index in [9.17, 15) is 4.79 Å². The van der Waals surface area contributed by atoms with Crippen molar-refractivity contribution in [1.82, 2.24) is 15.2 Å². The first-order valence-corrected chi connectivity index (χ1v) is 5.44. The number of carbonyl (C=O) groups is 1. The Bertz CT molecular complexity index is 350. The Hall–Kier alpha value is -1.08. The minimum Gasteiger partial charge on any atom is -0.480 e. The van der Waals surface area contributed by atoms with E-state index in [1.165, 1.54) is 18.7 Å². The third-order valence-corrected chi connectivity index (χ3v) is 2.77. The fourth-order valence-electron chi connectivity index (χ4n) is 0.848. The van der Waals surface area contributed by atoms with E-state index in [1.54, 1.807) is 6.92 Å². The highest BCUT2D eigenvalue weighted by molar-refractivity contribution is 7.99. The van der Waals surface area contributed by atoms with Crippen LogP contribution in [0.2, 0.25) is 0 Å². The summed E-state index contributed by atoms with van der Waals surface area (Å²) >= 11 is 1.39. The molecule has 1 rings (SSSR count). The molecule has 0 aromatic carbocycles. The number of carboxylic acid groups (broad SMARTS) is 1. The maximum Gasteiger partial charge on any atom is 0.323 e. The van der Waals surface area contributed by atoms with Gasteiger partial charge in [0, 0.05) is 5.75 Å². The van der Waals surface area contributed by atoms with Crippen molar-refractivity contribution in [3.63, 3.8) is 0 Å². The molecule has 0 fully saturated rings. The smallest absolute Gasteiger partial charge is 0.323 e. The van der Waals surface area contributed by atoms with Crippen molar-refractivity contribution in [2.45, 2.75) is 31.0 Å². The second-order valence-corrected chi connectivity index (χ2v) is 4.59. The van der Waals surface area contributed by atoms with Crippen molar-refractivity contribution in [1.29, 1.82) is 0 Å². The van der Waals surface area contributed by atoms with Gasteiger partial charge in [0.2, 0.25) is 5.16 Å². The number of aromatic amines is 1. The number of nitrogens with two attached hydrogens (primary N) is 1. The van der Waals surface area contributed by atoms with Gasteiger partial charge in [-0.25, -0.2) is 4.98 Å². The Kier molecular flexibility index (Phi) is 3.70. The molecule has 15 heavy (non-hydrogen) atoms. The number of aryl methyl sites for hydroxylation is 1. The predicted octanol–water partition coefficient (Wildman–Crippen LogP) is 0.397. The first-order chi connectivity index (χ1) is 6.92. The fraction of sp³-hybridized carbons (Fsp3) is 0.625. The standard InChI is InChI=1S/C8H14N4O2S/c1-5-10-7(12-11-5)15-4-3-8(2,9)6(13)14/h3-4,9H2,1-2H3,(H,13,14)(H,10,11,12). The average molecular weight is 230 g/mol. The molecule has 1 unspecified atom stereocenters. The van der Waals surface area contributed by atoms with E-state index < -0.39 is 11.5 Å². The summed E-state index contributed by atoms with van der Waals surface area (Å²) < 4.78 is 0. The summed E-state index contributed by atoms with van der Waals surface area (Å²) in [5.41, 5.74) is 4.39. The molecule has 0 spiro atoms. The molecule has 0 aliphatic carbocycles. The molecule has 0 aliphatic rings. The van der Waals surface area contributed by atoms with Crippen LogP contribution in [-0.4, -0.2) is 37.5 Å². The van der Waals surface area contributed by atoms with Crippen molar-refractivity contribution in [3.05, 3.63) is 5.82 Å². The van der Waals surface area contributed by atoms with Crippen molar-refractivity contribution < 1.29 is 9.90 Å². The molecule has 0 radical (unpaired) electrons. The number of hydrogen-bond acceptors (Lipinski definition) is 5. The molecular formula is C8H14N4O2S. The summed E-state index contributed by atoms with van der Waals surface area (Å²) in [5, 5.41) is 16.0. The summed E-state index contributed by atoms with van der Waals surface area (Å²) in [4.78, 5) is 14.8. The molecule has 0 saturated carbocycles. The summed E-state index contributed by atoms with van der Waals surface area (Å²) in [6.07, 6.45) is 0.376. The maximum atomic E-state index is 10.7. The molecule has 0 bridgehead atoms. The van der Waals surface area contributed by atoms with Crippen LogP contribution >= 0.6 is 11.8 Å². The van der Waals surface area contributed by atoms with Gasteiger partial charge in [-0.05, 0) is 20.3 Å². The van der Waals surface area contributed by atoms with Crippen molar-refractivity contribution in [2.75, 3.05) is 5.75 Å². The summed E-state index contributed by atoms with van der Waals surface area (Å²) in [5.74, 6) is 0.330. The Morgan fingerprint density at radius 1 is 1.73 bits per heavy atom. The molecule has 1 aromatic heterocycles. The predicted molar refractivity (Wildman–Crippen MR) is 56.7 cm³/mol. The van der Waals surface area contributed by atoms with E-state index in [2.05, 4.69) is 15.2 Å². The Morgan fingerprint density at radius 3 is 2.87 bits per heavy atom. The van der Waals surface area contributed by atoms with Crippen molar-refractivity contribution in [2.24, 2.45) is 5.73 Å². The van der Waals surface area contributed by atoms with Gasteiger partial charge in [-0.1, -0.05) is 11.8 Å². The van der Waals surface area contributed by atoms with Gasteiger partial charge in [0.05, 0.1) is 0 Å². The molecule has 84 valence electrons. The highest BCUT2D eigenvalue weighted by Crippen LogP contribution is 2.17. The maximum absolute atomic E-state index is 10.7. The van der Waals surface area contributed by atoms with Crippen LogP contribution in [0, 0.1) is 6.92 Å². The van der Waals surface area contributed by atoms with E-state index in [-0.39, 0.29) is 0 Å². The van der Waals surface area contributed by atoms with Crippen molar-refractivity contribution in [3.8, 4) is 0 Å². The quantitative estimate of drug-likeness (QED) is 0.632. The zero-order chi connectivity index (χ0) is 11.5. The largest absolute Gasteiger partial charge is 0.480 e. The number of nitrogens with zero attached hydrogens (tertiary/aromatic N) is 2. The van der Waals surface area contributed by atoms with Crippen LogP contribution in [0.3, 0.4) is 0 Å². The molecule has 4 N–H and O–H groups in total. The monoisotopic (exact) mass is 230 g/mol. The average Bonchev–Trinajstić information content (AvgIpc) is 2.51. The van der Waals surface area contributed by atoms with Crippen molar-refractivity contribution >= 4 is 17.7 Å². The zero-order valence-electron chi connectivity index (χ0n) is 8.65. The number of hydrogen-bond donors (Lipinski definition) is 3. The molecule has 1 atom stereocenters. The van der Waals surface area contributed by atoms with Crippen LogP contribution in [-0.2, 0) is 4.79 Å². The van der Waals surface area contributed by atoms with Gasteiger partial charge < -0.3 is 10.8 Å². The number of thioether (sulfide) groups is 1. The molecule has 1 heterocycles. The number of carboxylic acids is 1. The lowest BCUT2D eigenvalue weighted by Crippen LogP contribution is -2.45. The van der Waals surface area contributed by atoms with Gasteiger partial charge in [-0.3, -0.25) is 9.89 Å². The first kappa shape index (κ1) is 12.0. The number of H-pyrrole nitrogens is 1. The lowest BCUT2D eigenvalue weighted by atomic mass is 10.0. The van der Waals surface area contributed by atoms with Crippen LogP contribution < -0.4 is 5.73 Å². The Labute approximate surface area is 91.7 Å². The zero-order valence-corrected chi connectivity index (χ0v) is 9.47. The minimum absolute atomic E-state index is 0.376. The molecule has 1 aromatic rings. The van der Waals surface area contributed by atoms with Gasteiger partial charge in [0.25, 0.3) is 0 Å². The van der Waals surface area contributed by atoms with E-state index in [4.69, 9.17) is 10.8 Å². The number of rotatable bonds is 5. The summed E-state index contributed by atoms with van der Waals surface area (Å²) in [6.45, 7) is 3.31. The van der Waals surface area contributed by atoms with E-state index in [0.717, 1.165) is 5.82 Å². The molecule has 0 aliphatic heterocycles. The summed E-state index contributed by atoms with van der Waals surface area (Å²) in [7, 11) is 0. The van der Waals surface area contributed by atoms with Crippen LogP contribution in [0.5, 0.6) is 0 Å². The van der Waals surface area contributed by atoms with E-state index in [0.29, 0.717) is 17.3 Å². The fourth-order valence-corrected chi connectivity index (χ4v) is 1.87. The van der Waals surface area contributed by atoms with E-state index in [1.807, 2.05) is 0 Å². The van der Waals surface area contributed by atoms with Crippen LogP contribution in [0.25, 0.3) is 0 Å². The van der Waals surface area contributed by atoms with Gasteiger partial charge in [0.1, 0.15) is 11.4 Å². The normalized spacial score (nSPS) is 14.9. The number of nitrogens with one attached hydrogen (secondary N) is 1. The van der Waals surface area contributed by atoms with Crippen LogP contribution in [0.4, 0.5) is 0 Å². The molecule has 0 saturated heterocycles. The highest BCUT2D eigenvalue weighted by atomic mass is 32.2. The second-order valence-electron chi connectivity index (χ2n) is 3.52. The Balaban J connectivity index is 2.36. The molecule has 6 nitrogen and oxygen atoms in total. The third kappa shape index (κ3) is 3.52. The number of aromatic nitrogens is 3. The lowest BCUT2D eigenvalue weighted by Gasteiger charge is -2.17. The van der Waals surface area contributed by atoms with Crippen LogP contribution in [0.15, 0.2) is 5.16 Å². The first-order valence-electron chi connectivity index (χ1n) is 4.46. The van der Waals surface area contributed by atoms with E-state index >= 15 is 0 Å². The SMILES string of the molecule is Cc1nc(SCCC(C)(N)C(=O)O)n[nH]1.